The topological polar surface area (TPSA) is 12.0 Å². The average molecular weight is 219 g/mol. The van der Waals surface area contributed by atoms with Crippen molar-refractivity contribution in [1.82, 2.24) is 5.32 Å². The highest BCUT2D eigenvalue weighted by atomic mass is 14.8. The van der Waals surface area contributed by atoms with E-state index in [0.717, 1.165) is 12.5 Å². The van der Waals surface area contributed by atoms with Gasteiger partial charge in [0.15, 0.2) is 0 Å². The van der Waals surface area contributed by atoms with E-state index in [9.17, 15) is 0 Å². The van der Waals surface area contributed by atoms with Crippen molar-refractivity contribution in [3.8, 4) is 0 Å². The van der Waals surface area contributed by atoms with E-state index in [4.69, 9.17) is 0 Å². The summed E-state index contributed by atoms with van der Waals surface area (Å²) in [5.41, 5.74) is 2.85. The van der Waals surface area contributed by atoms with Crippen molar-refractivity contribution in [2.24, 2.45) is 5.92 Å². The fourth-order valence-electron chi connectivity index (χ4n) is 2.42. The van der Waals surface area contributed by atoms with Crippen LogP contribution < -0.4 is 5.32 Å². The van der Waals surface area contributed by atoms with E-state index in [1.165, 1.54) is 24.0 Å². The lowest BCUT2D eigenvalue weighted by Crippen LogP contribution is -2.22. The zero-order valence-electron chi connectivity index (χ0n) is 11.1. The Morgan fingerprint density at radius 2 is 2.06 bits per heavy atom. The van der Waals surface area contributed by atoms with Crippen molar-refractivity contribution < 1.29 is 0 Å². The Morgan fingerprint density at radius 3 is 2.62 bits per heavy atom. The van der Waals surface area contributed by atoms with Crippen LogP contribution in [0.4, 0.5) is 0 Å². The number of hydrogen-bond acceptors (Lipinski definition) is 1. The largest absolute Gasteiger partial charge is 0.319 e. The minimum atomic E-state index is 0.643. The van der Waals surface area contributed by atoms with Gasteiger partial charge in [0.2, 0.25) is 0 Å². The van der Waals surface area contributed by atoms with Gasteiger partial charge >= 0.3 is 0 Å². The minimum absolute atomic E-state index is 0.643. The van der Waals surface area contributed by atoms with Gasteiger partial charge in [-0.15, -0.1) is 0 Å². The Kier molecular flexibility index (Phi) is 5.54. The minimum Gasteiger partial charge on any atom is -0.319 e. The maximum atomic E-state index is 3.33. The molecule has 1 aromatic rings. The van der Waals surface area contributed by atoms with Crippen LogP contribution in [0.3, 0.4) is 0 Å². The summed E-state index contributed by atoms with van der Waals surface area (Å²) in [5, 5.41) is 3.33. The molecule has 1 rings (SSSR count). The molecular formula is C15H25N. The maximum Gasteiger partial charge on any atom is 0.00197 e. The van der Waals surface area contributed by atoms with Crippen molar-refractivity contribution >= 4 is 0 Å². The highest BCUT2D eigenvalue weighted by molar-refractivity contribution is 5.26. The fourth-order valence-corrected chi connectivity index (χ4v) is 2.42. The summed E-state index contributed by atoms with van der Waals surface area (Å²) in [6, 6.07) is 8.94. The third kappa shape index (κ3) is 3.64. The zero-order chi connectivity index (χ0) is 12.0. The number of benzene rings is 1. The second-order valence-electron chi connectivity index (χ2n) is 4.84. The standard InChI is InChI=1S/C15H25N/c1-5-7-13(3)15(11-16-4)14-9-6-8-12(2)10-14/h6,8-10,13,15-16H,5,7,11H2,1-4H3. The van der Waals surface area contributed by atoms with Crippen LogP contribution in [0.1, 0.15) is 43.7 Å². The Hall–Kier alpha value is -0.820. The van der Waals surface area contributed by atoms with E-state index >= 15 is 0 Å². The molecule has 0 heterocycles. The fraction of sp³-hybridized carbons (Fsp3) is 0.600. The van der Waals surface area contributed by atoms with Gasteiger partial charge < -0.3 is 5.32 Å². The Labute approximate surface area is 100 Å². The molecule has 0 aliphatic rings. The van der Waals surface area contributed by atoms with Crippen molar-refractivity contribution in [1.29, 1.82) is 0 Å². The van der Waals surface area contributed by atoms with E-state index in [0.29, 0.717) is 5.92 Å². The summed E-state index contributed by atoms with van der Waals surface area (Å²) >= 11 is 0. The van der Waals surface area contributed by atoms with Crippen molar-refractivity contribution in [2.75, 3.05) is 13.6 Å². The van der Waals surface area contributed by atoms with Gasteiger partial charge in [0.05, 0.1) is 0 Å². The molecule has 2 unspecified atom stereocenters. The number of rotatable bonds is 6. The third-order valence-corrected chi connectivity index (χ3v) is 3.33. The van der Waals surface area contributed by atoms with Crippen LogP contribution >= 0.6 is 0 Å². The summed E-state index contributed by atoms with van der Waals surface area (Å²) in [6.45, 7) is 7.88. The molecule has 2 atom stereocenters. The number of nitrogens with one attached hydrogen (secondary N) is 1. The van der Waals surface area contributed by atoms with Gasteiger partial charge in [-0.3, -0.25) is 0 Å². The van der Waals surface area contributed by atoms with Gasteiger partial charge in [0, 0.05) is 6.54 Å². The van der Waals surface area contributed by atoms with Gasteiger partial charge in [-0.1, -0.05) is 56.5 Å². The first-order valence-electron chi connectivity index (χ1n) is 6.40. The van der Waals surface area contributed by atoms with Crippen LogP contribution in [0.2, 0.25) is 0 Å². The summed E-state index contributed by atoms with van der Waals surface area (Å²) in [5.74, 6) is 1.39. The normalized spacial score (nSPS) is 14.8. The molecular weight excluding hydrogens is 194 g/mol. The molecule has 0 amide bonds. The van der Waals surface area contributed by atoms with Crippen molar-refractivity contribution in [2.45, 2.75) is 39.5 Å². The molecule has 0 aromatic heterocycles. The van der Waals surface area contributed by atoms with Crippen LogP contribution in [-0.2, 0) is 0 Å². The van der Waals surface area contributed by atoms with Crippen LogP contribution in [0.5, 0.6) is 0 Å². The molecule has 0 bridgehead atoms. The van der Waals surface area contributed by atoms with E-state index in [1.807, 2.05) is 7.05 Å². The molecule has 0 aliphatic carbocycles. The maximum absolute atomic E-state index is 3.33. The molecule has 0 spiro atoms. The van der Waals surface area contributed by atoms with E-state index in [-0.39, 0.29) is 0 Å². The number of hydrogen-bond donors (Lipinski definition) is 1. The van der Waals surface area contributed by atoms with Gasteiger partial charge in [-0.2, -0.15) is 0 Å². The molecule has 0 saturated carbocycles. The second kappa shape index (κ2) is 6.70. The molecule has 1 N–H and O–H groups in total. The summed E-state index contributed by atoms with van der Waals surface area (Å²) in [4.78, 5) is 0. The molecule has 0 radical (unpaired) electrons. The first kappa shape index (κ1) is 13.2. The number of likely N-dealkylation sites (N-methyl/N-ethyl adjacent to an activating group) is 1. The van der Waals surface area contributed by atoms with Gasteiger partial charge in [-0.05, 0) is 31.4 Å². The van der Waals surface area contributed by atoms with E-state index in [1.54, 1.807) is 0 Å². The highest BCUT2D eigenvalue weighted by Crippen LogP contribution is 2.27. The van der Waals surface area contributed by atoms with Crippen LogP contribution in [0.15, 0.2) is 24.3 Å². The lowest BCUT2D eigenvalue weighted by Gasteiger charge is -2.24. The summed E-state index contributed by atoms with van der Waals surface area (Å²) in [7, 11) is 2.04. The summed E-state index contributed by atoms with van der Waals surface area (Å²) in [6.07, 6.45) is 2.58. The molecule has 0 saturated heterocycles. The first-order valence-corrected chi connectivity index (χ1v) is 6.40. The Bertz CT molecular complexity index is 306. The number of aryl methyl sites for hydroxylation is 1. The molecule has 90 valence electrons. The molecule has 1 nitrogen and oxygen atoms in total. The predicted molar refractivity (Wildman–Crippen MR) is 71.9 cm³/mol. The van der Waals surface area contributed by atoms with Crippen LogP contribution in [0.25, 0.3) is 0 Å². The predicted octanol–water partition coefficient (Wildman–Crippen LogP) is 3.73. The van der Waals surface area contributed by atoms with Crippen LogP contribution in [0, 0.1) is 12.8 Å². The lowest BCUT2D eigenvalue weighted by molar-refractivity contribution is 0.413. The SMILES string of the molecule is CCCC(C)C(CNC)c1cccc(C)c1. The first-order chi connectivity index (χ1) is 7.69. The third-order valence-electron chi connectivity index (χ3n) is 3.33. The molecule has 16 heavy (non-hydrogen) atoms. The molecule has 0 aliphatic heterocycles. The Morgan fingerprint density at radius 1 is 1.31 bits per heavy atom. The van der Waals surface area contributed by atoms with Crippen molar-refractivity contribution in [3.05, 3.63) is 35.4 Å². The monoisotopic (exact) mass is 219 g/mol. The lowest BCUT2D eigenvalue weighted by atomic mass is 9.84. The molecule has 0 fully saturated rings. The van der Waals surface area contributed by atoms with Gasteiger partial charge in [-0.25, -0.2) is 0 Å². The smallest absolute Gasteiger partial charge is 0.00197 e. The van der Waals surface area contributed by atoms with Crippen molar-refractivity contribution in [3.63, 3.8) is 0 Å². The molecule has 1 aromatic carbocycles. The van der Waals surface area contributed by atoms with Crippen LogP contribution in [-0.4, -0.2) is 13.6 Å². The Balaban J connectivity index is 2.83. The van der Waals surface area contributed by atoms with E-state index in [2.05, 4.69) is 50.4 Å². The van der Waals surface area contributed by atoms with Gasteiger partial charge in [0.25, 0.3) is 0 Å². The molecule has 1 heteroatoms. The quantitative estimate of drug-likeness (QED) is 0.768. The van der Waals surface area contributed by atoms with Gasteiger partial charge in [0.1, 0.15) is 0 Å². The average Bonchev–Trinajstić information content (AvgIpc) is 2.26. The zero-order valence-corrected chi connectivity index (χ0v) is 11.1. The van der Waals surface area contributed by atoms with E-state index < -0.39 is 0 Å². The second-order valence-corrected chi connectivity index (χ2v) is 4.84. The summed E-state index contributed by atoms with van der Waals surface area (Å²) < 4.78 is 0. The highest BCUT2D eigenvalue weighted by Gasteiger charge is 2.17.